The molecule has 2 amide bonds. The van der Waals surface area contributed by atoms with Crippen molar-refractivity contribution in [1.82, 2.24) is 10.2 Å². The van der Waals surface area contributed by atoms with Crippen molar-refractivity contribution < 1.29 is 22.4 Å². The van der Waals surface area contributed by atoms with Crippen molar-refractivity contribution in [2.24, 2.45) is 0 Å². The summed E-state index contributed by atoms with van der Waals surface area (Å²) in [5, 5.41) is 3.32. The second kappa shape index (κ2) is 12.2. The summed E-state index contributed by atoms with van der Waals surface area (Å²) in [6.45, 7) is 5.38. The van der Waals surface area contributed by atoms with Crippen LogP contribution < -0.4 is 9.62 Å². The smallest absolute Gasteiger partial charge is 0.242 e. The van der Waals surface area contributed by atoms with Gasteiger partial charge in [0.2, 0.25) is 21.8 Å². The Morgan fingerprint density at radius 2 is 1.76 bits per heavy atom. The normalized spacial score (nSPS) is 12.3. The Morgan fingerprint density at radius 3 is 2.35 bits per heavy atom. The average molecular weight is 512 g/mol. The van der Waals surface area contributed by atoms with Crippen LogP contribution in [0.4, 0.5) is 10.1 Å². The molecule has 2 aromatic carbocycles. The maximum Gasteiger partial charge on any atom is 0.242 e. The molecule has 0 fully saturated rings. The molecule has 0 unspecified atom stereocenters. The second-order valence-corrected chi connectivity index (χ2v) is 10.7. The highest BCUT2D eigenvalue weighted by Crippen LogP contribution is 2.22. The summed E-state index contributed by atoms with van der Waals surface area (Å²) in [4.78, 5) is 27.2. The predicted molar refractivity (Wildman–Crippen MR) is 133 cm³/mol. The first kappa shape index (κ1) is 27.6. The zero-order valence-corrected chi connectivity index (χ0v) is 21.4. The minimum absolute atomic E-state index is 0.0274. The van der Waals surface area contributed by atoms with Gasteiger partial charge in [-0.1, -0.05) is 35.9 Å². The van der Waals surface area contributed by atoms with Crippen LogP contribution in [0.15, 0.2) is 48.5 Å². The van der Waals surface area contributed by atoms with Crippen molar-refractivity contribution in [2.75, 3.05) is 17.1 Å². The molecule has 0 aliphatic carbocycles. The fraction of sp³-hybridized carbons (Fsp3) is 0.417. The SMILES string of the molecule is CC(C)NC(=O)[C@H](C)N(Cc1cccc(Cl)c1)C(=O)CCCN(c1ccccc1F)S(C)(=O)=O. The summed E-state index contributed by atoms with van der Waals surface area (Å²) < 4.78 is 39.7. The van der Waals surface area contributed by atoms with Crippen LogP contribution in [0, 0.1) is 5.82 Å². The molecule has 1 atom stereocenters. The zero-order valence-electron chi connectivity index (χ0n) is 19.8. The van der Waals surface area contributed by atoms with E-state index in [-0.39, 0.29) is 49.5 Å². The van der Waals surface area contributed by atoms with Crippen LogP contribution in [0.25, 0.3) is 0 Å². The average Bonchev–Trinajstić information content (AvgIpc) is 2.74. The summed E-state index contributed by atoms with van der Waals surface area (Å²) >= 11 is 6.08. The number of hydrogen-bond donors (Lipinski definition) is 1. The van der Waals surface area contributed by atoms with Gasteiger partial charge in [0.05, 0.1) is 11.9 Å². The molecular weight excluding hydrogens is 481 g/mol. The number of amides is 2. The Kier molecular flexibility index (Phi) is 9.88. The van der Waals surface area contributed by atoms with Gasteiger partial charge in [-0.05, 0) is 57.0 Å². The van der Waals surface area contributed by atoms with Crippen LogP contribution in [0.2, 0.25) is 5.02 Å². The highest BCUT2D eigenvalue weighted by molar-refractivity contribution is 7.92. The monoisotopic (exact) mass is 511 g/mol. The van der Waals surface area contributed by atoms with E-state index < -0.39 is 21.9 Å². The van der Waals surface area contributed by atoms with Crippen LogP contribution in [0.5, 0.6) is 0 Å². The Morgan fingerprint density at radius 1 is 1.09 bits per heavy atom. The molecule has 0 saturated heterocycles. The molecule has 1 N–H and O–H groups in total. The summed E-state index contributed by atoms with van der Waals surface area (Å²) in [6, 6.07) is 11.7. The number of carbonyl (C=O) groups is 2. The molecule has 34 heavy (non-hydrogen) atoms. The van der Waals surface area contributed by atoms with E-state index in [1.165, 1.54) is 23.1 Å². The molecular formula is C24H31ClFN3O4S. The van der Waals surface area contributed by atoms with E-state index in [2.05, 4.69) is 5.32 Å². The van der Waals surface area contributed by atoms with Gasteiger partial charge in [0, 0.05) is 30.6 Å². The van der Waals surface area contributed by atoms with Crippen molar-refractivity contribution in [1.29, 1.82) is 0 Å². The lowest BCUT2D eigenvalue weighted by Crippen LogP contribution is -2.49. The molecule has 0 aliphatic heterocycles. The van der Waals surface area contributed by atoms with Crippen LogP contribution in [-0.4, -0.2) is 50.0 Å². The summed E-state index contributed by atoms with van der Waals surface area (Å²) in [7, 11) is -3.77. The summed E-state index contributed by atoms with van der Waals surface area (Å²) in [6.07, 6.45) is 1.11. The van der Waals surface area contributed by atoms with Crippen LogP contribution in [0.1, 0.15) is 39.2 Å². The minimum atomic E-state index is -3.77. The predicted octanol–water partition coefficient (Wildman–Crippen LogP) is 3.97. The molecule has 2 aromatic rings. The minimum Gasteiger partial charge on any atom is -0.352 e. The first-order valence-electron chi connectivity index (χ1n) is 11.0. The lowest BCUT2D eigenvalue weighted by Gasteiger charge is -2.30. The standard InChI is InChI=1S/C24H31ClFN3O4S/c1-17(2)27-24(31)18(3)28(16-19-9-7-10-20(25)15-19)23(30)13-8-14-29(34(4,32)33)22-12-6-5-11-21(22)26/h5-7,9-12,15,17-18H,8,13-14,16H2,1-4H3,(H,27,31)/t18-/m0/s1. The molecule has 0 heterocycles. The van der Waals surface area contributed by atoms with Gasteiger partial charge in [-0.3, -0.25) is 13.9 Å². The largest absolute Gasteiger partial charge is 0.352 e. The quantitative estimate of drug-likeness (QED) is 0.494. The molecule has 10 heteroatoms. The van der Waals surface area contributed by atoms with Crippen LogP contribution in [-0.2, 0) is 26.2 Å². The van der Waals surface area contributed by atoms with Crippen molar-refractivity contribution in [2.45, 2.75) is 52.2 Å². The Hall–Kier alpha value is -2.65. The first-order valence-corrected chi connectivity index (χ1v) is 13.2. The number of nitrogens with zero attached hydrogens (tertiary/aromatic N) is 2. The third kappa shape index (κ3) is 7.99. The lowest BCUT2D eigenvalue weighted by molar-refractivity contribution is -0.140. The van der Waals surface area contributed by atoms with Crippen LogP contribution >= 0.6 is 11.6 Å². The van der Waals surface area contributed by atoms with E-state index in [1.807, 2.05) is 19.9 Å². The van der Waals surface area contributed by atoms with E-state index in [0.717, 1.165) is 16.1 Å². The van der Waals surface area contributed by atoms with Gasteiger partial charge in [0.1, 0.15) is 11.9 Å². The Labute approximate surface area is 205 Å². The summed E-state index contributed by atoms with van der Waals surface area (Å²) in [5.41, 5.74) is 0.687. The number of anilines is 1. The Bertz CT molecular complexity index is 1110. The van der Waals surface area contributed by atoms with Crippen molar-refractivity contribution in [3.63, 3.8) is 0 Å². The van der Waals surface area contributed by atoms with E-state index in [0.29, 0.717) is 5.02 Å². The molecule has 2 rings (SSSR count). The molecule has 186 valence electrons. The first-order chi connectivity index (χ1) is 15.9. The van der Waals surface area contributed by atoms with Gasteiger partial charge >= 0.3 is 0 Å². The third-order valence-corrected chi connectivity index (χ3v) is 6.53. The lowest BCUT2D eigenvalue weighted by atomic mass is 10.1. The highest BCUT2D eigenvalue weighted by Gasteiger charge is 2.27. The fourth-order valence-corrected chi connectivity index (χ4v) is 4.64. The highest BCUT2D eigenvalue weighted by atomic mass is 35.5. The number of rotatable bonds is 11. The van der Waals surface area contributed by atoms with Gasteiger partial charge in [-0.25, -0.2) is 12.8 Å². The number of nitrogens with one attached hydrogen (secondary N) is 1. The maximum atomic E-state index is 14.2. The molecule has 0 spiro atoms. The maximum absolute atomic E-state index is 14.2. The molecule has 0 radical (unpaired) electrons. The van der Waals surface area contributed by atoms with Gasteiger partial charge in [0.15, 0.2) is 0 Å². The number of para-hydroxylation sites is 1. The van der Waals surface area contributed by atoms with Gasteiger partial charge in [-0.15, -0.1) is 0 Å². The molecule has 0 saturated carbocycles. The molecule has 0 bridgehead atoms. The number of sulfonamides is 1. The number of benzene rings is 2. The fourth-order valence-electron chi connectivity index (χ4n) is 3.46. The third-order valence-electron chi connectivity index (χ3n) is 5.11. The van der Waals surface area contributed by atoms with Gasteiger partial charge in [-0.2, -0.15) is 0 Å². The van der Waals surface area contributed by atoms with E-state index >= 15 is 0 Å². The zero-order chi connectivity index (χ0) is 25.5. The molecule has 7 nitrogen and oxygen atoms in total. The number of carbonyl (C=O) groups excluding carboxylic acids is 2. The second-order valence-electron chi connectivity index (χ2n) is 8.38. The summed E-state index contributed by atoms with van der Waals surface area (Å²) in [5.74, 6) is -1.29. The number of halogens is 2. The van der Waals surface area contributed by atoms with Crippen molar-refractivity contribution in [3.05, 3.63) is 64.9 Å². The van der Waals surface area contributed by atoms with E-state index in [1.54, 1.807) is 31.2 Å². The molecule has 0 aliphatic rings. The number of hydrogen-bond acceptors (Lipinski definition) is 4. The van der Waals surface area contributed by atoms with Crippen molar-refractivity contribution >= 4 is 39.1 Å². The van der Waals surface area contributed by atoms with Crippen molar-refractivity contribution in [3.8, 4) is 0 Å². The molecule has 0 aromatic heterocycles. The van der Waals surface area contributed by atoms with E-state index in [9.17, 15) is 22.4 Å². The Balaban J connectivity index is 2.18. The van der Waals surface area contributed by atoms with Crippen LogP contribution in [0.3, 0.4) is 0 Å². The van der Waals surface area contributed by atoms with E-state index in [4.69, 9.17) is 11.6 Å². The van der Waals surface area contributed by atoms with Gasteiger partial charge in [0.25, 0.3) is 0 Å². The topological polar surface area (TPSA) is 86.8 Å². The van der Waals surface area contributed by atoms with Gasteiger partial charge < -0.3 is 10.2 Å².